The van der Waals surface area contributed by atoms with Crippen LogP contribution in [-0.4, -0.2) is 29.0 Å². The van der Waals surface area contributed by atoms with Crippen LogP contribution in [0.1, 0.15) is 5.56 Å². The number of thioether (sulfide) groups is 1. The summed E-state index contributed by atoms with van der Waals surface area (Å²) < 4.78 is 10.8. The van der Waals surface area contributed by atoms with Gasteiger partial charge in [0.2, 0.25) is 11.8 Å². The van der Waals surface area contributed by atoms with E-state index in [9.17, 15) is 4.79 Å². The molecule has 0 bridgehead atoms. The Labute approximate surface area is 149 Å². The van der Waals surface area contributed by atoms with Crippen LogP contribution >= 0.6 is 11.8 Å². The maximum absolute atomic E-state index is 12.2. The molecule has 2 aromatic carbocycles. The first-order chi connectivity index (χ1) is 12.2. The van der Waals surface area contributed by atoms with Crippen molar-refractivity contribution in [2.45, 2.75) is 12.1 Å². The van der Waals surface area contributed by atoms with Crippen LogP contribution in [-0.2, 0) is 4.79 Å². The number of carbonyl (C=O) groups excluding carboxylic acids is 1. The fourth-order valence-electron chi connectivity index (χ4n) is 2.20. The number of nitrogens with zero attached hydrogens (tertiary/aromatic N) is 2. The van der Waals surface area contributed by atoms with E-state index in [1.54, 1.807) is 7.11 Å². The maximum atomic E-state index is 12.2. The third-order valence-electron chi connectivity index (χ3n) is 3.38. The number of ether oxygens (including phenoxy) is 1. The minimum atomic E-state index is -0.173. The molecule has 6 nitrogen and oxygen atoms in total. The second-order valence-electron chi connectivity index (χ2n) is 5.28. The van der Waals surface area contributed by atoms with Crippen molar-refractivity contribution in [1.82, 2.24) is 10.2 Å². The standard InChI is InChI=1S/C18H17N3O3S/c1-12-8-9-15(23-2)14(10-12)19-16(22)11-25-18-21-20-17(24-18)13-6-4-3-5-7-13/h3-10H,11H2,1-2H3,(H,19,22). The van der Waals surface area contributed by atoms with E-state index < -0.39 is 0 Å². The van der Waals surface area contributed by atoms with Gasteiger partial charge in [0.1, 0.15) is 5.75 Å². The normalized spacial score (nSPS) is 10.5. The highest BCUT2D eigenvalue weighted by Gasteiger charge is 2.12. The summed E-state index contributed by atoms with van der Waals surface area (Å²) in [4.78, 5) is 12.2. The number of carbonyl (C=O) groups is 1. The lowest BCUT2D eigenvalue weighted by molar-refractivity contribution is -0.113. The Kier molecular flexibility index (Phi) is 5.35. The molecule has 0 radical (unpaired) electrons. The highest BCUT2D eigenvalue weighted by molar-refractivity contribution is 7.99. The molecule has 3 rings (SSSR count). The minimum Gasteiger partial charge on any atom is -0.495 e. The van der Waals surface area contributed by atoms with Gasteiger partial charge in [-0.1, -0.05) is 36.0 Å². The summed E-state index contributed by atoms with van der Waals surface area (Å²) in [7, 11) is 1.57. The second-order valence-corrected chi connectivity index (χ2v) is 6.21. The summed E-state index contributed by atoms with van der Waals surface area (Å²) in [5.41, 5.74) is 2.52. The van der Waals surface area contributed by atoms with E-state index >= 15 is 0 Å². The van der Waals surface area contributed by atoms with E-state index in [0.717, 1.165) is 11.1 Å². The monoisotopic (exact) mass is 355 g/mol. The van der Waals surface area contributed by atoms with Crippen LogP contribution in [0.15, 0.2) is 58.2 Å². The maximum Gasteiger partial charge on any atom is 0.277 e. The summed E-state index contributed by atoms with van der Waals surface area (Å²) in [6.45, 7) is 1.95. The largest absolute Gasteiger partial charge is 0.495 e. The first-order valence-electron chi connectivity index (χ1n) is 7.62. The van der Waals surface area contributed by atoms with Crippen molar-refractivity contribution in [3.8, 4) is 17.2 Å². The van der Waals surface area contributed by atoms with Gasteiger partial charge >= 0.3 is 0 Å². The van der Waals surface area contributed by atoms with Crippen LogP contribution in [0.4, 0.5) is 5.69 Å². The number of aryl methyl sites for hydroxylation is 1. The molecule has 1 N–H and O–H groups in total. The van der Waals surface area contributed by atoms with E-state index in [4.69, 9.17) is 9.15 Å². The van der Waals surface area contributed by atoms with Gasteiger partial charge < -0.3 is 14.5 Å². The number of rotatable bonds is 6. The predicted molar refractivity (Wildman–Crippen MR) is 96.8 cm³/mol. The van der Waals surface area contributed by atoms with Crippen molar-refractivity contribution >= 4 is 23.4 Å². The molecule has 0 unspecified atom stereocenters. The number of benzene rings is 2. The summed E-state index contributed by atoms with van der Waals surface area (Å²) in [6.07, 6.45) is 0. The van der Waals surface area contributed by atoms with Gasteiger partial charge in [0.05, 0.1) is 18.6 Å². The van der Waals surface area contributed by atoms with E-state index in [0.29, 0.717) is 22.6 Å². The lowest BCUT2D eigenvalue weighted by Crippen LogP contribution is -2.14. The van der Waals surface area contributed by atoms with Gasteiger partial charge in [-0.3, -0.25) is 4.79 Å². The quantitative estimate of drug-likeness (QED) is 0.678. The molecule has 25 heavy (non-hydrogen) atoms. The fraction of sp³-hybridized carbons (Fsp3) is 0.167. The van der Waals surface area contributed by atoms with Gasteiger partial charge in [-0.15, -0.1) is 10.2 Å². The molecule has 7 heteroatoms. The Hall–Kier alpha value is -2.80. The smallest absolute Gasteiger partial charge is 0.277 e. The zero-order chi connectivity index (χ0) is 17.6. The van der Waals surface area contributed by atoms with Crippen molar-refractivity contribution in [1.29, 1.82) is 0 Å². The van der Waals surface area contributed by atoms with Crippen LogP contribution in [0.3, 0.4) is 0 Å². The molecule has 0 aliphatic heterocycles. The van der Waals surface area contributed by atoms with Crippen LogP contribution in [0.2, 0.25) is 0 Å². The topological polar surface area (TPSA) is 77.2 Å². The Balaban J connectivity index is 1.60. The Morgan fingerprint density at radius 1 is 1.20 bits per heavy atom. The number of hydrogen-bond donors (Lipinski definition) is 1. The van der Waals surface area contributed by atoms with E-state index in [-0.39, 0.29) is 11.7 Å². The molecule has 0 spiro atoms. The van der Waals surface area contributed by atoms with Gasteiger partial charge in [0, 0.05) is 5.56 Å². The second kappa shape index (κ2) is 7.85. The van der Waals surface area contributed by atoms with Gasteiger partial charge in [0.25, 0.3) is 5.22 Å². The number of hydrogen-bond acceptors (Lipinski definition) is 6. The average Bonchev–Trinajstić information content (AvgIpc) is 3.10. The van der Waals surface area contributed by atoms with E-state index in [1.807, 2.05) is 55.5 Å². The molecule has 0 fully saturated rings. The molecule has 0 aliphatic rings. The highest BCUT2D eigenvalue weighted by atomic mass is 32.2. The molecule has 1 aromatic heterocycles. The summed E-state index contributed by atoms with van der Waals surface area (Å²) in [5, 5.41) is 11.1. The molecule has 0 saturated carbocycles. The molecule has 1 amide bonds. The first kappa shape index (κ1) is 17.0. The van der Waals surface area contributed by atoms with Gasteiger partial charge in [-0.05, 0) is 36.8 Å². The lowest BCUT2D eigenvalue weighted by Gasteiger charge is -2.10. The predicted octanol–water partition coefficient (Wildman–Crippen LogP) is 3.78. The molecule has 3 aromatic rings. The molecular weight excluding hydrogens is 338 g/mol. The Bertz CT molecular complexity index is 865. The first-order valence-corrected chi connectivity index (χ1v) is 8.60. The number of amides is 1. The van der Waals surface area contributed by atoms with Crippen molar-refractivity contribution in [3.05, 3.63) is 54.1 Å². The molecular formula is C18H17N3O3S. The van der Waals surface area contributed by atoms with E-state index in [1.165, 1.54) is 11.8 Å². The number of anilines is 1. The summed E-state index contributed by atoms with van der Waals surface area (Å²) in [6, 6.07) is 15.1. The van der Waals surface area contributed by atoms with Crippen LogP contribution in [0.25, 0.3) is 11.5 Å². The van der Waals surface area contributed by atoms with Crippen molar-refractivity contribution in [2.24, 2.45) is 0 Å². The van der Waals surface area contributed by atoms with Gasteiger partial charge in [-0.25, -0.2) is 0 Å². The minimum absolute atomic E-state index is 0.160. The van der Waals surface area contributed by atoms with Gasteiger partial charge in [-0.2, -0.15) is 0 Å². The summed E-state index contributed by atoms with van der Waals surface area (Å²) in [5.74, 6) is 1.04. The number of methoxy groups -OCH3 is 1. The molecule has 0 atom stereocenters. The lowest BCUT2D eigenvalue weighted by atomic mass is 10.2. The van der Waals surface area contributed by atoms with Crippen LogP contribution in [0, 0.1) is 6.92 Å². The van der Waals surface area contributed by atoms with Crippen LogP contribution in [0.5, 0.6) is 5.75 Å². The molecule has 128 valence electrons. The fourth-order valence-corrected chi connectivity index (χ4v) is 2.76. The Morgan fingerprint density at radius 2 is 2.00 bits per heavy atom. The average molecular weight is 355 g/mol. The molecule has 0 saturated heterocycles. The van der Waals surface area contributed by atoms with Crippen molar-refractivity contribution in [3.63, 3.8) is 0 Å². The van der Waals surface area contributed by atoms with Gasteiger partial charge in [0.15, 0.2) is 0 Å². The van der Waals surface area contributed by atoms with E-state index in [2.05, 4.69) is 15.5 Å². The third-order valence-corrected chi connectivity index (χ3v) is 4.20. The zero-order valence-corrected chi connectivity index (χ0v) is 14.7. The van der Waals surface area contributed by atoms with Crippen LogP contribution < -0.4 is 10.1 Å². The Morgan fingerprint density at radius 3 is 2.76 bits per heavy atom. The van der Waals surface area contributed by atoms with Crippen molar-refractivity contribution < 1.29 is 13.9 Å². The highest BCUT2D eigenvalue weighted by Crippen LogP contribution is 2.26. The third kappa shape index (κ3) is 4.39. The SMILES string of the molecule is COc1ccc(C)cc1NC(=O)CSc1nnc(-c2ccccc2)o1. The summed E-state index contributed by atoms with van der Waals surface area (Å²) >= 11 is 1.19. The van der Waals surface area contributed by atoms with Crippen molar-refractivity contribution in [2.75, 3.05) is 18.2 Å². The zero-order valence-electron chi connectivity index (χ0n) is 13.9. The molecule has 0 aliphatic carbocycles. The number of nitrogens with one attached hydrogen (secondary N) is 1. The molecule has 1 heterocycles. The number of aromatic nitrogens is 2.